The predicted octanol–water partition coefficient (Wildman–Crippen LogP) is 1.81. The zero-order chi connectivity index (χ0) is 50.6. The van der Waals surface area contributed by atoms with Crippen molar-refractivity contribution in [3.05, 3.63) is 36.5 Å². The van der Waals surface area contributed by atoms with Gasteiger partial charge in [-0.15, -0.1) is 0 Å². The molecule has 0 radical (unpaired) electrons. The molecule has 17 unspecified atom stereocenters. The molecule has 69 heavy (non-hydrogen) atoms. The molecular weight excluding hydrogens is 903 g/mol. The minimum absolute atomic E-state index is 0.217. The maximum Gasteiger partial charge on any atom is 0.220 e. The van der Waals surface area contributed by atoms with Crippen LogP contribution in [0.5, 0.6) is 0 Å². The minimum Gasteiger partial charge on any atom is -0.394 e. The number of ether oxygens (including phenoxy) is 6. The van der Waals surface area contributed by atoms with Gasteiger partial charge in [0, 0.05) is 6.42 Å². The van der Waals surface area contributed by atoms with Crippen LogP contribution in [0.25, 0.3) is 0 Å². The van der Waals surface area contributed by atoms with E-state index in [1.165, 1.54) is 70.6 Å². The van der Waals surface area contributed by atoms with E-state index in [9.17, 15) is 61.0 Å². The third-order valence-electron chi connectivity index (χ3n) is 12.9. The van der Waals surface area contributed by atoms with Crippen molar-refractivity contribution in [1.29, 1.82) is 0 Å². The molecule has 0 bridgehead atoms. The second kappa shape index (κ2) is 35.2. The molecule has 0 aromatic heterocycles. The average molecular weight is 992 g/mol. The zero-order valence-corrected chi connectivity index (χ0v) is 41.0. The third-order valence-corrected chi connectivity index (χ3v) is 12.9. The van der Waals surface area contributed by atoms with Crippen molar-refractivity contribution in [3.63, 3.8) is 0 Å². The van der Waals surface area contributed by atoms with Gasteiger partial charge in [0.05, 0.1) is 38.6 Å². The fourth-order valence-corrected chi connectivity index (χ4v) is 8.57. The molecule has 3 fully saturated rings. The van der Waals surface area contributed by atoms with Crippen LogP contribution in [0, 0.1) is 0 Å². The molecule has 0 spiro atoms. The summed E-state index contributed by atoms with van der Waals surface area (Å²) < 4.78 is 33.9. The Morgan fingerprint density at radius 3 is 1.45 bits per heavy atom. The van der Waals surface area contributed by atoms with Gasteiger partial charge in [0.2, 0.25) is 5.91 Å². The summed E-state index contributed by atoms with van der Waals surface area (Å²) in [6.45, 7) is 1.46. The summed E-state index contributed by atoms with van der Waals surface area (Å²) in [7, 11) is 0. The monoisotopic (exact) mass is 992 g/mol. The van der Waals surface area contributed by atoms with Crippen LogP contribution >= 0.6 is 0 Å². The van der Waals surface area contributed by atoms with E-state index in [0.717, 1.165) is 38.5 Å². The van der Waals surface area contributed by atoms with Crippen molar-refractivity contribution in [3.8, 4) is 0 Å². The predicted molar refractivity (Wildman–Crippen MR) is 254 cm³/mol. The topological polar surface area (TPSA) is 307 Å². The first kappa shape index (κ1) is 61.3. The first-order valence-electron chi connectivity index (χ1n) is 25.7. The largest absolute Gasteiger partial charge is 0.394 e. The van der Waals surface area contributed by atoms with E-state index < -0.39 is 124 Å². The van der Waals surface area contributed by atoms with Gasteiger partial charge < -0.3 is 89.9 Å². The van der Waals surface area contributed by atoms with E-state index in [0.29, 0.717) is 12.8 Å². The molecule has 402 valence electrons. The van der Waals surface area contributed by atoms with Gasteiger partial charge >= 0.3 is 0 Å². The van der Waals surface area contributed by atoms with Crippen LogP contribution in [0.15, 0.2) is 36.5 Å². The fourth-order valence-electron chi connectivity index (χ4n) is 8.57. The average Bonchev–Trinajstić information content (AvgIpc) is 3.34. The Hall–Kier alpha value is -1.99. The zero-order valence-electron chi connectivity index (χ0n) is 41.0. The molecule has 3 rings (SSSR count). The minimum atomic E-state index is -1.98. The lowest BCUT2D eigenvalue weighted by Crippen LogP contribution is -2.66. The van der Waals surface area contributed by atoms with Crippen LogP contribution in [0.2, 0.25) is 0 Å². The van der Waals surface area contributed by atoms with E-state index in [1.54, 1.807) is 6.08 Å². The summed E-state index contributed by atoms with van der Waals surface area (Å²) >= 11 is 0. The molecule has 19 nitrogen and oxygen atoms in total. The molecule has 17 atom stereocenters. The highest BCUT2D eigenvalue weighted by Crippen LogP contribution is 2.33. The number of hydrogen-bond donors (Lipinski definition) is 12. The number of nitrogens with one attached hydrogen (secondary N) is 1. The van der Waals surface area contributed by atoms with Gasteiger partial charge in [0.25, 0.3) is 0 Å². The summed E-state index contributed by atoms with van der Waals surface area (Å²) in [6.07, 6.45) is 7.02. The number of hydrogen-bond acceptors (Lipinski definition) is 18. The first-order valence-corrected chi connectivity index (χ1v) is 25.7. The Balaban J connectivity index is 1.48. The molecule has 0 aromatic rings. The van der Waals surface area contributed by atoms with Crippen LogP contribution < -0.4 is 5.32 Å². The Labute approximate surface area is 409 Å². The second-order valence-electron chi connectivity index (χ2n) is 18.6. The van der Waals surface area contributed by atoms with Crippen molar-refractivity contribution in [2.45, 2.75) is 247 Å². The highest BCUT2D eigenvalue weighted by Gasteiger charge is 2.53. The number of aliphatic hydroxyl groups is 11. The number of carbonyl (C=O) groups is 1. The summed E-state index contributed by atoms with van der Waals surface area (Å²) in [4.78, 5) is 12.9. The number of amides is 1. The smallest absolute Gasteiger partial charge is 0.220 e. The number of aliphatic hydroxyl groups excluding tert-OH is 11. The van der Waals surface area contributed by atoms with E-state index in [1.807, 2.05) is 13.0 Å². The maximum atomic E-state index is 12.9. The molecule has 0 saturated carbocycles. The van der Waals surface area contributed by atoms with Gasteiger partial charge in [-0.3, -0.25) is 4.79 Å². The Morgan fingerprint density at radius 1 is 0.507 bits per heavy atom. The normalized spacial score (nSPS) is 33.1. The molecular formula is C50H89NO18. The molecule has 3 saturated heterocycles. The summed E-state index contributed by atoms with van der Waals surface area (Å²) in [6, 6.07) is -0.988. The van der Waals surface area contributed by atoms with Gasteiger partial charge in [0.1, 0.15) is 73.2 Å². The summed E-state index contributed by atoms with van der Waals surface area (Å²) in [5, 5.41) is 119. The Morgan fingerprint density at radius 2 is 0.928 bits per heavy atom. The second-order valence-corrected chi connectivity index (χ2v) is 18.6. The lowest BCUT2D eigenvalue weighted by Gasteiger charge is -2.48. The van der Waals surface area contributed by atoms with Crippen LogP contribution in [0.1, 0.15) is 142 Å². The molecule has 0 aromatic carbocycles. The number of rotatable bonds is 35. The summed E-state index contributed by atoms with van der Waals surface area (Å²) in [5.74, 6) is -0.317. The first-order chi connectivity index (χ1) is 33.3. The van der Waals surface area contributed by atoms with E-state index >= 15 is 0 Å². The number of carbonyl (C=O) groups excluding carboxylic acids is 1. The highest BCUT2D eigenvalue weighted by atomic mass is 16.8. The van der Waals surface area contributed by atoms with Gasteiger partial charge in [-0.05, 0) is 44.9 Å². The van der Waals surface area contributed by atoms with Gasteiger partial charge in [-0.1, -0.05) is 127 Å². The van der Waals surface area contributed by atoms with Crippen LogP contribution in [-0.2, 0) is 33.2 Å². The maximum absolute atomic E-state index is 12.9. The van der Waals surface area contributed by atoms with Crippen molar-refractivity contribution < 1.29 is 89.4 Å². The number of unbranched alkanes of at least 4 members (excludes halogenated alkanes) is 15. The molecule has 0 aliphatic carbocycles. The van der Waals surface area contributed by atoms with Gasteiger partial charge in [-0.25, -0.2) is 0 Å². The Bertz CT molecular complexity index is 1420. The van der Waals surface area contributed by atoms with Crippen molar-refractivity contribution in [2.75, 3.05) is 26.4 Å². The lowest BCUT2D eigenvalue weighted by atomic mass is 9.96. The van der Waals surface area contributed by atoms with Crippen molar-refractivity contribution in [1.82, 2.24) is 5.32 Å². The quantitative estimate of drug-likeness (QED) is 0.0318. The van der Waals surface area contributed by atoms with E-state index in [-0.39, 0.29) is 18.9 Å². The Kier molecular flexibility index (Phi) is 31.3. The fraction of sp³-hybridized carbons (Fsp3) is 0.860. The molecule has 1 amide bonds. The van der Waals surface area contributed by atoms with Gasteiger partial charge in [-0.2, -0.15) is 0 Å². The standard InChI is InChI=1S/C50H89NO18/c1-3-5-7-8-9-10-11-12-13-14-15-16-17-18-19-20-21-22-23-24-26-27-34(55)33(51-38(56)28-25-6-4-2)32-64-48-44(62)41(59)46(36(30-53)66-48)69-50-45(63)42(60)47(37(31-54)67-50)68-49-43(61)40(58)39(57)35(29-52)65-49/h17-18,21-22,26-27,33-37,39-50,52-55,57-63H,3-16,19-20,23-25,28-32H2,1-2H3,(H,51,56)/b18-17+,22-21+,27-26+. The molecule has 3 heterocycles. The van der Waals surface area contributed by atoms with Gasteiger partial charge in [0.15, 0.2) is 18.9 Å². The SMILES string of the molecule is CCCCCCCCCCCCC/C=C/CC/C=C/CC/C=C/C(O)C(COC1OC(CO)C(OC2OC(CO)C(OC3OC(CO)C(O)C(O)C3O)C(O)C2O)C(O)C1O)NC(=O)CCCCC. The van der Waals surface area contributed by atoms with Crippen molar-refractivity contribution >= 4 is 5.91 Å². The molecule has 3 aliphatic heterocycles. The van der Waals surface area contributed by atoms with E-state index in [2.05, 4.69) is 36.5 Å². The van der Waals surface area contributed by atoms with Crippen LogP contribution in [-0.4, -0.2) is 193 Å². The van der Waals surface area contributed by atoms with Crippen LogP contribution in [0.3, 0.4) is 0 Å². The van der Waals surface area contributed by atoms with Crippen LogP contribution in [0.4, 0.5) is 0 Å². The van der Waals surface area contributed by atoms with Crippen molar-refractivity contribution in [2.24, 2.45) is 0 Å². The van der Waals surface area contributed by atoms with E-state index in [4.69, 9.17) is 28.4 Å². The highest BCUT2D eigenvalue weighted by molar-refractivity contribution is 5.76. The molecule has 19 heteroatoms. The molecule has 3 aliphatic rings. The summed E-state index contributed by atoms with van der Waals surface area (Å²) in [5.41, 5.74) is 0. The number of allylic oxidation sites excluding steroid dienone is 5. The lowest BCUT2D eigenvalue weighted by molar-refractivity contribution is -0.379. The third kappa shape index (κ3) is 21.2. The molecule has 12 N–H and O–H groups in total.